The summed E-state index contributed by atoms with van der Waals surface area (Å²) in [6.07, 6.45) is 0.996. The standard InChI is InChI=1S/C12H24N4O2S2/c1-9(7-8-15(4)5)16(6)12-14-10(2)11(19-12)20(17,18)13-3/h9,13H,7-8H2,1-6H3. The number of aryl methyl sites for hydroxylation is 1. The first-order valence-corrected chi connectivity index (χ1v) is 8.77. The molecule has 0 spiro atoms. The summed E-state index contributed by atoms with van der Waals surface area (Å²) in [5, 5.41) is 0.739. The third-order valence-corrected chi connectivity index (χ3v) is 6.48. The Morgan fingerprint density at radius 1 is 1.35 bits per heavy atom. The molecule has 116 valence electrons. The Labute approximate surface area is 125 Å². The van der Waals surface area contributed by atoms with Gasteiger partial charge < -0.3 is 9.80 Å². The number of sulfonamides is 1. The topological polar surface area (TPSA) is 65.5 Å². The number of hydrogen-bond donors (Lipinski definition) is 1. The molecule has 0 aliphatic rings. The number of nitrogens with zero attached hydrogens (tertiary/aromatic N) is 3. The van der Waals surface area contributed by atoms with Crippen LogP contribution < -0.4 is 9.62 Å². The van der Waals surface area contributed by atoms with Crippen molar-refractivity contribution in [2.75, 3.05) is 39.6 Å². The van der Waals surface area contributed by atoms with E-state index in [9.17, 15) is 8.42 Å². The van der Waals surface area contributed by atoms with Gasteiger partial charge in [0.25, 0.3) is 10.0 Å². The Balaban J connectivity index is 2.90. The first-order valence-electron chi connectivity index (χ1n) is 6.47. The van der Waals surface area contributed by atoms with Crippen molar-refractivity contribution in [2.24, 2.45) is 0 Å². The van der Waals surface area contributed by atoms with Gasteiger partial charge in [-0.25, -0.2) is 18.1 Å². The molecule has 1 rings (SSSR count). The highest BCUT2D eigenvalue weighted by Gasteiger charge is 2.23. The van der Waals surface area contributed by atoms with Crippen LogP contribution in [0.4, 0.5) is 5.13 Å². The number of aromatic nitrogens is 1. The van der Waals surface area contributed by atoms with Gasteiger partial charge in [0.05, 0.1) is 5.69 Å². The van der Waals surface area contributed by atoms with Gasteiger partial charge in [0, 0.05) is 13.1 Å². The van der Waals surface area contributed by atoms with Crippen LogP contribution in [0, 0.1) is 6.92 Å². The van der Waals surface area contributed by atoms with Gasteiger partial charge >= 0.3 is 0 Å². The van der Waals surface area contributed by atoms with Gasteiger partial charge in [0.2, 0.25) is 0 Å². The summed E-state index contributed by atoms with van der Waals surface area (Å²) in [7, 11) is 4.02. The molecule has 1 N–H and O–H groups in total. The van der Waals surface area contributed by atoms with E-state index in [4.69, 9.17) is 0 Å². The van der Waals surface area contributed by atoms with Gasteiger partial charge in [-0.2, -0.15) is 0 Å². The van der Waals surface area contributed by atoms with Crippen molar-refractivity contribution in [3.05, 3.63) is 5.69 Å². The van der Waals surface area contributed by atoms with Crippen LogP contribution >= 0.6 is 11.3 Å². The summed E-state index contributed by atoms with van der Waals surface area (Å²) in [6.45, 7) is 4.83. The van der Waals surface area contributed by atoms with Crippen LogP contribution in [0.15, 0.2) is 4.21 Å². The predicted octanol–water partition coefficient (Wildman–Crippen LogP) is 1.14. The Morgan fingerprint density at radius 2 is 1.95 bits per heavy atom. The summed E-state index contributed by atoms with van der Waals surface area (Å²) in [5.74, 6) is 0. The van der Waals surface area contributed by atoms with Crippen LogP contribution in [-0.4, -0.2) is 59.1 Å². The van der Waals surface area contributed by atoms with Crippen LogP contribution in [0.3, 0.4) is 0 Å². The smallest absolute Gasteiger partial charge is 0.251 e. The minimum atomic E-state index is -3.42. The second-order valence-corrected chi connectivity index (χ2v) is 8.19. The molecule has 6 nitrogen and oxygen atoms in total. The molecule has 0 aliphatic carbocycles. The summed E-state index contributed by atoms with van der Waals surface area (Å²) in [6, 6.07) is 0.299. The molecular formula is C12H24N4O2S2. The van der Waals surface area contributed by atoms with Crippen LogP contribution in [0.25, 0.3) is 0 Å². The van der Waals surface area contributed by atoms with E-state index in [0.29, 0.717) is 15.9 Å². The molecule has 1 heterocycles. The molecule has 0 aromatic carbocycles. The van der Waals surface area contributed by atoms with Crippen molar-refractivity contribution in [3.63, 3.8) is 0 Å². The molecular weight excluding hydrogens is 296 g/mol. The molecule has 0 saturated heterocycles. The number of nitrogens with one attached hydrogen (secondary N) is 1. The highest BCUT2D eigenvalue weighted by Crippen LogP contribution is 2.30. The Bertz CT molecular complexity index is 540. The largest absolute Gasteiger partial charge is 0.348 e. The second-order valence-electron chi connectivity index (χ2n) is 5.13. The van der Waals surface area contributed by atoms with Crippen LogP contribution in [0.2, 0.25) is 0 Å². The summed E-state index contributed by atoms with van der Waals surface area (Å²) in [5.41, 5.74) is 0.547. The maximum Gasteiger partial charge on any atom is 0.251 e. The molecule has 1 aromatic rings. The predicted molar refractivity (Wildman–Crippen MR) is 84.1 cm³/mol. The van der Waals surface area contributed by atoms with Crippen molar-refractivity contribution in [3.8, 4) is 0 Å². The zero-order chi connectivity index (χ0) is 15.5. The Kier molecular flexibility index (Phi) is 5.93. The lowest BCUT2D eigenvalue weighted by Gasteiger charge is -2.25. The first-order chi connectivity index (χ1) is 9.19. The molecule has 1 unspecified atom stereocenters. The van der Waals surface area contributed by atoms with Gasteiger partial charge in [-0.05, 0) is 48.0 Å². The fraction of sp³-hybridized carbons (Fsp3) is 0.750. The number of anilines is 1. The molecule has 0 saturated carbocycles. The van der Waals surface area contributed by atoms with Gasteiger partial charge in [-0.1, -0.05) is 11.3 Å². The van der Waals surface area contributed by atoms with Crippen molar-refractivity contribution in [1.82, 2.24) is 14.6 Å². The monoisotopic (exact) mass is 320 g/mol. The summed E-state index contributed by atoms with van der Waals surface area (Å²) >= 11 is 1.21. The van der Waals surface area contributed by atoms with Crippen LogP contribution in [0.1, 0.15) is 19.0 Å². The quantitative estimate of drug-likeness (QED) is 0.816. The lowest BCUT2D eigenvalue weighted by molar-refractivity contribution is 0.382. The van der Waals surface area contributed by atoms with E-state index in [-0.39, 0.29) is 0 Å². The average Bonchev–Trinajstić information content (AvgIpc) is 2.77. The Hall–Kier alpha value is -0.700. The van der Waals surface area contributed by atoms with Crippen LogP contribution in [0.5, 0.6) is 0 Å². The summed E-state index contributed by atoms with van der Waals surface area (Å²) < 4.78 is 26.4. The van der Waals surface area contributed by atoms with Gasteiger partial charge in [-0.15, -0.1) is 0 Å². The molecule has 0 amide bonds. The molecule has 0 fully saturated rings. The minimum Gasteiger partial charge on any atom is -0.348 e. The lowest BCUT2D eigenvalue weighted by atomic mass is 10.2. The highest BCUT2D eigenvalue weighted by molar-refractivity contribution is 7.91. The highest BCUT2D eigenvalue weighted by atomic mass is 32.2. The van der Waals surface area contributed by atoms with Crippen molar-refractivity contribution < 1.29 is 8.42 Å². The number of rotatable bonds is 7. The molecule has 20 heavy (non-hydrogen) atoms. The Morgan fingerprint density at radius 3 is 2.45 bits per heavy atom. The van der Waals surface area contributed by atoms with E-state index in [1.54, 1.807) is 6.92 Å². The zero-order valence-corrected chi connectivity index (χ0v) is 14.6. The average molecular weight is 320 g/mol. The van der Waals surface area contributed by atoms with Crippen LogP contribution in [-0.2, 0) is 10.0 Å². The SMILES string of the molecule is CNS(=O)(=O)c1sc(N(C)C(C)CCN(C)C)nc1C. The fourth-order valence-electron chi connectivity index (χ4n) is 1.69. The number of thiazole rings is 1. The maximum absolute atomic E-state index is 11.9. The lowest BCUT2D eigenvalue weighted by Crippen LogP contribution is -2.31. The molecule has 0 bridgehead atoms. The minimum absolute atomic E-state index is 0.293. The van der Waals surface area contributed by atoms with E-state index in [1.165, 1.54) is 18.4 Å². The molecule has 0 aliphatic heterocycles. The first kappa shape index (κ1) is 17.4. The molecule has 0 radical (unpaired) electrons. The fourth-order valence-corrected chi connectivity index (χ4v) is 4.09. The van der Waals surface area contributed by atoms with E-state index in [2.05, 4.69) is 21.5 Å². The van der Waals surface area contributed by atoms with Gasteiger partial charge in [-0.3, -0.25) is 0 Å². The van der Waals surface area contributed by atoms with Crippen molar-refractivity contribution >= 4 is 26.5 Å². The normalized spacial score (nSPS) is 13.8. The third kappa shape index (κ3) is 4.15. The maximum atomic E-state index is 11.9. The van der Waals surface area contributed by atoms with E-state index < -0.39 is 10.0 Å². The van der Waals surface area contributed by atoms with Crippen molar-refractivity contribution in [1.29, 1.82) is 0 Å². The third-order valence-electron chi connectivity index (χ3n) is 3.21. The summed E-state index contributed by atoms with van der Waals surface area (Å²) in [4.78, 5) is 8.56. The van der Waals surface area contributed by atoms with E-state index in [1.807, 2.05) is 26.0 Å². The molecule has 8 heteroatoms. The van der Waals surface area contributed by atoms with Gasteiger partial charge in [0.1, 0.15) is 0 Å². The molecule has 1 atom stereocenters. The van der Waals surface area contributed by atoms with Crippen molar-refractivity contribution in [2.45, 2.75) is 30.5 Å². The molecule has 1 aromatic heterocycles. The number of hydrogen-bond acceptors (Lipinski definition) is 6. The van der Waals surface area contributed by atoms with E-state index in [0.717, 1.165) is 18.1 Å². The second kappa shape index (κ2) is 6.84. The van der Waals surface area contributed by atoms with E-state index >= 15 is 0 Å². The zero-order valence-electron chi connectivity index (χ0n) is 13.0. The van der Waals surface area contributed by atoms with Gasteiger partial charge in [0.15, 0.2) is 9.34 Å².